The molecular formula is C22H29ClN2O3. The Morgan fingerprint density at radius 3 is 2.68 bits per heavy atom. The number of halogens is 1. The third-order valence-electron chi connectivity index (χ3n) is 4.74. The number of ether oxygens (including phenoxy) is 2. The van der Waals surface area contributed by atoms with E-state index in [2.05, 4.69) is 12.1 Å². The molecule has 0 radical (unpaired) electrons. The predicted octanol–water partition coefficient (Wildman–Crippen LogP) is 3.31. The number of amides is 1. The van der Waals surface area contributed by atoms with E-state index in [-0.39, 0.29) is 24.4 Å². The van der Waals surface area contributed by atoms with Gasteiger partial charge in [0.1, 0.15) is 12.4 Å². The van der Waals surface area contributed by atoms with Crippen LogP contribution in [-0.4, -0.2) is 49.8 Å². The summed E-state index contributed by atoms with van der Waals surface area (Å²) in [5, 5.41) is 0. The van der Waals surface area contributed by atoms with E-state index >= 15 is 0 Å². The summed E-state index contributed by atoms with van der Waals surface area (Å²) in [6.07, 6.45) is 3.08. The van der Waals surface area contributed by atoms with E-state index in [1.54, 1.807) is 0 Å². The highest BCUT2D eigenvalue weighted by atomic mass is 35.5. The molecule has 1 aliphatic rings. The fourth-order valence-electron chi connectivity index (χ4n) is 3.25. The molecule has 0 saturated carbocycles. The zero-order valence-corrected chi connectivity index (χ0v) is 16.9. The predicted molar refractivity (Wildman–Crippen MR) is 113 cm³/mol. The van der Waals surface area contributed by atoms with Gasteiger partial charge in [-0.25, -0.2) is 0 Å². The molecule has 0 spiro atoms. The molecule has 5 nitrogen and oxygen atoms in total. The van der Waals surface area contributed by atoms with Gasteiger partial charge in [-0.15, -0.1) is 12.4 Å². The first-order valence-electron chi connectivity index (χ1n) is 9.64. The van der Waals surface area contributed by atoms with Crippen molar-refractivity contribution in [3.05, 3.63) is 65.7 Å². The molecule has 1 saturated heterocycles. The lowest BCUT2D eigenvalue weighted by Gasteiger charge is -2.22. The van der Waals surface area contributed by atoms with Gasteiger partial charge >= 0.3 is 0 Å². The molecule has 2 aromatic carbocycles. The molecule has 1 unspecified atom stereocenters. The van der Waals surface area contributed by atoms with Crippen LogP contribution in [0, 0.1) is 0 Å². The minimum Gasteiger partial charge on any atom is -0.491 e. The highest BCUT2D eigenvalue weighted by molar-refractivity contribution is 5.94. The van der Waals surface area contributed by atoms with Crippen LogP contribution >= 0.6 is 12.4 Å². The maximum atomic E-state index is 13.0. The van der Waals surface area contributed by atoms with Crippen molar-refractivity contribution in [1.82, 2.24) is 4.90 Å². The standard InChI is InChI=1S/C22H28N2O3.ClH/c23-12-14-24(13-11-18-6-2-1-3-7-18)22(25)19-8-4-9-20(16-19)27-17-21-10-5-15-26-21;/h1-4,6-9,16,21H,5,10-15,17,23H2;1H. The first-order valence-corrected chi connectivity index (χ1v) is 9.64. The lowest BCUT2D eigenvalue weighted by molar-refractivity contribution is 0.0677. The molecule has 0 bridgehead atoms. The molecule has 3 rings (SSSR count). The Morgan fingerprint density at radius 2 is 1.96 bits per heavy atom. The van der Waals surface area contributed by atoms with Crippen molar-refractivity contribution in [2.45, 2.75) is 25.4 Å². The van der Waals surface area contributed by atoms with Crippen molar-refractivity contribution in [3.8, 4) is 5.75 Å². The molecule has 1 atom stereocenters. The molecule has 0 aromatic heterocycles. The summed E-state index contributed by atoms with van der Waals surface area (Å²) in [5.41, 5.74) is 7.56. The zero-order valence-electron chi connectivity index (χ0n) is 16.1. The van der Waals surface area contributed by atoms with E-state index in [4.69, 9.17) is 15.2 Å². The molecule has 1 heterocycles. The largest absolute Gasteiger partial charge is 0.491 e. The highest BCUT2D eigenvalue weighted by Gasteiger charge is 2.18. The summed E-state index contributed by atoms with van der Waals surface area (Å²) >= 11 is 0. The normalized spacial score (nSPS) is 15.7. The van der Waals surface area contributed by atoms with Gasteiger partial charge < -0.3 is 20.1 Å². The van der Waals surface area contributed by atoms with Gasteiger partial charge in [0.25, 0.3) is 5.91 Å². The van der Waals surface area contributed by atoms with Crippen LogP contribution in [0.2, 0.25) is 0 Å². The van der Waals surface area contributed by atoms with Crippen LogP contribution in [0.4, 0.5) is 0 Å². The molecule has 6 heteroatoms. The van der Waals surface area contributed by atoms with Crippen LogP contribution in [0.3, 0.4) is 0 Å². The molecular weight excluding hydrogens is 376 g/mol. The van der Waals surface area contributed by atoms with Gasteiger partial charge in [0.2, 0.25) is 0 Å². The van der Waals surface area contributed by atoms with Crippen LogP contribution in [0.15, 0.2) is 54.6 Å². The zero-order chi connectivity index (χ0) is 18.9. The quantitative estimate of drug-likeness (QED) is 0.696. The van der Waals surface area contributed by atoms with Crippen LogP contribution in [0.5, 0.6) is 5.75 Å². The van der Waals surface area contributed by atoms with Crippen molar-refractivity contribution in [2.24, 2.45) is 5.73 Å². The van der Waals surface area contributed by atoms with Gasteiger partial charge in [-0.1, -0.05) is 36.4 Å². The van der Waals surface area contributed by atoms with Gasteiger partial charge in [0.05, 0.1) is 6.10 Å². The average molecular weight is 405 g/mol. The number of hydrogen-bond donors (Lipinski definition) is 1. The maximum absolute atomic E-state index is 13.0. The number of hydrogen-bond acceptors (Lipinski definition) is 4. The third kappa shape index (κ3) is 6.51. The van der Waals surface area contributed by atoms with E-state index in [0.717, 1.165) is 25.9 Å². The lowest BCUT2D eigenvalue weighted by Crippen LogP contribution is -2.37. The van der Waals surface area contributed by atoms with Gasteiger partial charge in [-0.2, -0.15) is 0 Å². The summed E-state index contributed by atoms with van der Waals surface area (Å²) in [4.78, 5) is 14.8. The molecule has 2 aromatic rings. The Morgan fingerprint density at radius 1 is 1.14 bits per heavy atom. The fraction of sp³-hybridized carbons (Fsp3) is 0.409. The second-order valence-corrected chi connectivity index (χ2v) is 6.79. The van der Waals surface area contributed by atoms with Crippen molar-refractivity contribution in [3.63, 3.8) is 0 Å². The summed E-state index contributed by atoms with van der Waals surface area (Å²) in [5.74, 6) is 0.686. The number of carbonyl (C=O) groups is 1. The van der Waals surface area contributed by atoms with E-state index in [1.807, 2.05) is 47.4 Å². The average Bonchev–Trinajstić information content (AvgIpc) is 3.24. The Hall–Kier alpha value is -2.08. The van der Waals surface area contributed by atoms with E-state index < -0.39 is 0 Å². The number of nitrogens with two attached hydrogens (primary N) is 1. The second kappa shape index (κ2) is 11.7. The SMILES string of the molecule is Cl.NCCN(CCc1ccccc1)C(=O)c1cccc(OCC2CCCO2)c1. The molecule has 2 N–H and O–H groups in total. The fourth-order valence-corrected chi connectivity index (χ4v) is 3.25. The summed E-state index contributed by atoms with van der Waals surface area (Å²) in [6.45, 7) is 2.95. The highest BCUT2D eigenvalue weighted by Crippen LogP contribution is 2.18. The van der Waals surface area contributed by atoms with Crippen molar-refractivity contribution >= 4 is 18.3 Å². The summed E-state index contributed by atoms with van der Waals surface area (Å²) in [7, 11) is 0. The first-order chi connectivity index (χ1) is 13.3. The summed E-state index contributed by atoms with van der Waals surface area (Å²) in [6, 6.07) is 17.5. The van der Waals surface area contributed by atoms with Crippen LogP contribution < -0.4 is 10.5 Å². The van der Waals surface area contributed by atoms with E-state index in [9.17, 15) is 4.79 Å². The molecule has 152 valence electrons. The first kappa shape index (κ1) is 22.2. The summed E-state index contributed by atoms with van der Waals surface area (Å²) < 4.78 is 11.4. The third-order valence-corrected chi connectivity index (χ3v) is 4.74. The van der Waals surface area contributed by atoms with E-state index in [0.29, 0.717) is 37.6 Å². The molecule has 0 aliphatic carbocycles. The molecule has 1 aliphatic heterocycles. The Labute approximate surface area is 173 Å². The van der Waals surface area contributed by atoms with Crippen molar-refractivity contribution in [1.29, 1.82) is 0 Å². The minimum atomic E-state index is -0.0149. The molecule has 1 fully saturated rings. The topological polar surface area (TPSA) is 64.8 Å². The van der Waals surface area contributed by atoms with Crippen molar-refractivity contribution < 1.29 is 14.3 Å². The van der Waals surface area contributed by atoms with Crippen LogP contribution in [-0.2, 0) is 11.2 Å². The molecule has 28 heavy (non-hydrogen) atoms. The maximum Gasteiger partial charge on any atom is 0.254 e. The molecule has 1 amide bonds. The smallest absolute Gasteiger partial charge is 0.254 e. The minimum absolute atomic E-state index is 0. The van der Waals surface area contributed by atoms with Crippen molar-refractivity contribution in [2.75, 3.05) is 32.8 Å². The monoisotopic (exact) mass is 404 g/mol. The van der Waals surface area contributed by atoms with Crippen LogP contribution in [0.1, 0.15) is 28.8 Å². The lowest BCUT2D eigenvalue weighted by atomic mass is 10.1. The Balaban J connectivity index is 0.00000280. The Bertz CT molecular complexity index is 721. The Kier molecular flexibility index (Phi) is 9.28. The number of nitrogens with zero attached hydrogens (tertiary/aromatic N) is 1. The van der Waals surface area contributed by atoms with Gasteiger partial charge in [-0.05, 0) is 43.0 Å². The number of carbonyl (C=O) groups excluding carboxylic acids is 1. The van der Waals surface area contributed by atoms with Crippen LogP contribution in [0.25, 0.3) is 0 Å². The van der Waals surface area contributed by atoms with E-state index in [1.165, 1.54) is 5.56 Å². The second-order valence-electron chi connectivity index (χ2n) is 6.79. The number of benzene rings is 2. The van der Waals surface area contributed by atoms with Gasteiger partial charge in [0, 0.05) is 31.8 Å². The van der Waals surface area contributed by atoms with Gasteiger partial charge in [-0.3, -0.25) is 4.79 Å². The van der Waals surface area contributed by atoms with Gasteiger partial charge in [0.15, 0.2) is 0 Å². The number of rotatable bonds is 9.